The maximum atomic E-state index is 13.3. The molecule has 1 aromatic carbocycles. The fourth-order valence-electron chi connectivity index (χ4n) is 2.16. The average molecular weight is 439 g/mol. The van der Waals surface area contributed by atoms with Crippen LogP contribution >= 0.6 is 56.7 Å². The van der Waals surface area contributed by atoms with Crippen molar-refractivity contribution in [2.24, 2.45) is 0 Å². The molecule has 1 fully saturated rings. The molecule has 0 bridgehead atoms. The largest absolute Gasteiger partial charge is 0.314 e. The van der Waals surface area contributed by atoms with Crippen LogP contribution in [0.1, 0.15) is 11.6 Å². The summed E-state index contributed by atoms with van der Waals surface area (Å²) >= 11 is 6.90. The van der Waals surface area contributed by atoms with Crippen LogP contribution in [-0.4, -0.2) is 37.8 Å². The molecule has 1 aromatic rings. The highest BCUT2D eigenvalue weighted by molar-refractivity contribution is 9.11. The van der Waals surface area contributed by atoms with Gasteiger partial charge in [-0.15, -0.1) is 24.8 Å². The van der Waals surface area contributed by atoms with Crippen molar-refractivity contribution in [1.29, 1.82) is 0 Å². The quantitative estimate of drug-likeness (QED) is 0.768. The predicted molar refractivity (Wildman–Crippen MR) is 89.5 cm³/mol. The molecular formula is C12H17Br2Cl2FN2. The molecule has 0 saturated carbocycles. The molecule has 0 unspecified atom stereocenters. The van der Waals surface area contributed by atoms with Crippen LogP contribution in [0.5, 0.6) is 0 Å². The molecule has 0 amide bonds. The summed E-state index contributed by atoms with van der Waals surface area (Å²) in [4.78, 5) is 2.20. The zero-order valence-corrected chi connectivity index (χ0v) is 15.0. The van der Waals surface area contributed by atoms with Crippen LogP contribution in [0.2, 0.25) is 0 Å². The van der Waals surface area contributed by atoms with Gasteiger partial charge in [0.1, 0.15) is 6.67 Å². The van der Waals surface area contributed by atoms with E-state index in [1.807, 2.05) is 18.2 Å². The van der Waals surface area contributed by atoms with E-state index >= 15 is 0 Å². The normalized spacial score (nSPS) is 17.2. The van der Waals surface area contributed by atoms with Crippen LogP contribution in [0, 0.1) is 0 Å². The number of alkyl halides is 1. The Morgan fingerprint density at radius 1 is 1.11 bits per heavy atom. The number of hydrogen-bond donors (Lipinski definition) is 1. The summed E-state index contributed by atoms with van der Waals surface area (Å²) in [6.45, 7) is 3.33. The topological polar surface area (TPSA) is 15.3 Å². The van der Waals surface area contributed by atoms with Crippen molar-refractivity contribution < 1.29 is 4.39 Å². The van der Waals surface area contributed by atoms with Gasteiger partial charge in [0.15, 0.2) is 0 Å². The molecular weight excluding hydrogens is 422 g/mol. The molecule has 1 aliphatic rings. The number of nitrogens with one attached hydrogen (secondary N) is 1. The van der Waals surface area contributed by atoms with Crippen molar-refractivity contribution in [3.8, 4) is 0 Å². The third kappa shape index (κ3) is 5.48. The van der Waals surface area contributed by atoms with Crippen LogP contribution in [0.25, 0.3) is 0 Å². The Hall–Kier alpha value is 0.610. The highest BCUT2D eigenvalue weighted by Gasteiger charge is 2.22. The first-order valence-electron chi connectivity index (χ1n) is 5.67. The van der Waals surface area contributed by atoms with Crippen LogP contribution < -0.4 is 5.32 Å². The molecule has 1 heterocycles. The van der Waals surface area contributed by atoms with Gasteiger partial charge in [0.2, 0.25) is 0 Å². The van der Waals surface area contributed by atoms with Gasteiger partial charge >= 0.3 is 0 Å². The summed E-state index contributed by atoms with van der Waals surface area (Å²) in [6, 6.07) is 5.83. The van der Waals surface area contributed by atoms with Gasteiger partial charge in [-0.1, -0.05) is 31.9 Å². The number of piperazine rings is 1. The molecule has 0 aromatic heterocycles. The van der Waals surface area contributed by atoms with Crippen LogP contribution in [0.3, 0.4) is 0 Å². The minimum Gasteiger partial charge on any atom is -0.314 e. The van der Waals surface area contributed by atoms with Crippen molar-refractivity contribution in [2.75, 3.05) is 32.9 Å². The van der Waals surface area contributed by atoms with E-state index in [0.717, 1.165) is 40.7 Å². The summed E-state index contributed by atoms with van der Waals surface area (Å²) in [6.07, 6.45) is 0. The number of benzene rings is 1. The SMILES string of the molecule is Cl.Cl.FC[C@H](c1cc(Br)cc(Br)c1)N1CCNCC1. The third-order valence-electron chi connectivity index (χ3n) is 3.01. The summed E-state index contributed by atoms with van der Waals surface area (Å²) in [7, 11) is 0. The Bertz CT molecular complexity index is 370. The van der Waals surface area contributed by atoms with Gasteiger partial charge in [-0.25, -0.2) is 4.39 Å². The van der Waals surface area contributed by atoms with E-state index < -0.39 is 0 Å². The molecule has 7 heteroatoms. The number of hydrogen-bond acceptors (Lipinski definition) is 2. The number of rotatable bonds is 3. The van der Waals surface area contributed by atoms with E-state index in [9.17, 15) is 4.39 Å². The lowest BCUT2D eigenvalue weighted by Gasteiger charge is -2.33. The van der Waals surface area contributed by atoms with Gasteiger partial charge in [0.05, 0.1) is 6.04 Å². The summed E-state index contributed by atoms with van der Waals surface area (Å²) in [5.74, 6) is 0. The lowest BCUT2D eigenvalue weighted by atomic mass is 10.1. The highest BCUT2D eigenvalue weighted by atomic mass is 79.9. The maximum absolute atomic E-state index is 13.3. The predicted octanol–water partition coefficient (Wildman–Crippen LogP) is 3.97. The van der Waals surface area contributed by atoms with Crippen LogP contribution in [0.15, 0.2) is 27.1 Å². The highest BCUT2D eigenvalue weighted by Crippen LogP contribution is 2.28. The van der Waals surface area contributed by atoms with E-state index in [0.29, 0.717) is 0 Å². The molecule has 0 aliphatic carbocycles. The van der Waals surface area contributed by atoms with Crippen molar-refractivity contribution in [3.63, 3.8) is 0 Å². The molecule has 0 radical (unpaired) electrons. The van der Waals surface area contributed by atoms with E-state index in [1.165, 1.54) is 0 Å². The molecule has 1 N–H and O–H groups in total. The average Bonchev–Trinajstić information content (AvgIpc) is 2.30. The van der Waals surface area contributed by atoms with Crippen molar-refractivity contribution >= 4 is 56.7 Å². The lowest BCUT2D eigenvalue weighted by Crippen LogP contribution is -2.45. The zero-order valence-electron chi connectivity index (χ0n) is 10.2. The maximum Gasteiger partial charge on any atom is 0.109 e. The standard InChI is InChI=1S/C12H15Br2FN2.2ClH/c13-10-5-9(6-11(14)7-10)12(8-15)17-3-1-16-2-4-17;;/h5-7,12,16H,1-4,8H2;2*1H/t12-;;/m1../s1. The minimum absolute atomic E-state index is 0. The van der Waals surface area contributed by atoms with Gasteiger partial charge < -0.3 is 5.32 Å². The van der Waals surface area contributed by atoms with Crippen molar-refractivity contribution in [3.05, 3.63) is 32.7 Å². The number of nitrogens with zero attached hydrogens (tertiary/aromatic N) is 1. The molecule has 2 rings (SSSR count). The number of halogens is 5. The Balaban J connectivity index is 0.00000162. The summed E-state index contributed by atoms with van der Waals surface area (Å²) < 4.78 is 15.3. The molecule has 1 aliphatic heterocycles. The van der Waals surface area contributed by atoms with Gasteiger partial charge in [-0.05, 0) is 23.8 Å². The molecule has 1 atom stereocenters. The molecule has 0 spiro atoms. The fourth-order valence-corrected chi connectivity index (χ4v) is 3.49. The van der Waals surface area contributed by atoms with Gasteiger partial charge in [-0.3, -0.25) is 4.90 Å². The molecule has 110 valence electrons. The molecule has 19 heavy (non-hydrogen) atoms. The van der Waals surface area contributed by atoms with Gasteiger partial charge in [-0.2, -0.15) is 0 Å². The Labute approximate surface area is 142 Å². The second kappa shape index (κ2) is 9.53. The lowest BCUT2D eigenvalue weighted by molar-refractivity contribution is 0.147. The van der Waals surface area contributed by atoms with Gasteiger partial charge in [0.25, 0.3) is 0 Å². The minimum atomic E-state index is -0.344. The first kappa shape index (κ1) is 19.6. The monoisotopic (exact) mass is 436 g/mol. The Morgan fingerprint density at radius 3 is 2.11 bits per heavy atom. The van der Waals surface area contributed by atoms with Crippen molar-refractivity contribution in [2.45, 2.75) is 6.04 Å². The van der Waals surface area contributed by atoms with E-state index in [2.05, 4.69) is 42.1 Å². The van der Waals surface area contributed by atoms with Crippen LogP contribution in [-0.2, 0) is 0 Å². The second-order valence-corrected chi connectivity index (χ2v) is 5.99. The van der Waals surface area contributed by atoms with E-state index in [4.69, 9.17) is 0 Å². The smallest absolute Gasteiger partial charge is 0.109 e. The van der Waals surface area contributed by atoms with Crippen LogP contribution in [0.4, 0.5) is 4.39 Å². The summed E-state index contributed by atoms with van der Waals surface area (Å²) in [5, 5.41) is 3.29. The summed E-state index contributed by atoms with van der Waals surface area (Å²) in [5.41, 5.74) is 1.02. The first-order valence-corrected chi connectivity index (χ1v) is 7.26. The fraction of sp³-hybridized carbons (Fsp3) is 0.500. The molecule has 1 saturated heterocycles. The zero-order chi connectivity index (χ0) is 12.3. The second-order valence-electron chi connectivity index (χ2n) is 4.16. The van der Waals surface area contributed by atoms with Gasteiger partial charge in [0, 0.05) is 35.1 Å². The Morgan fingerprint density at radius 2 is 1.63 bits per heavy atom. The first-order chi connectivity index (χ1) is 8.20. The van der Waals surface area contributed by atoms with Crippen molar-refractivity contribution in [1.82, 2.24) is 10.2 Å². The third-order valence-corrected chi connectivity index (χ3v) is 3.92. The van der Waals surface area contributed by atoms with E-state index in [-0.39, 0.29) is 37.5 Å². The Kier molecular flexibility index (Phi) is 9.83. The molecule has 2 nitrogen and oxygen atoms in total. The van der Waals surface area contributed by atoms with E-state index in [1.54, 1.807) is 0 Å².